The molecule has 0 aliphatic heterocycles. The fraction of sp³-hybridized carbons (Fsp3) is 0.393. The van der Waals surface area contributed by atoms with Crippen molar-refractivity contribution in [2.45, 2.75) is 69.6 Å². The number of carbonyl (C=O) groups is 2. The second-order valence-electron chi connectivity index (χ2n) is 10.4. The van der Waals surface area contributed by atoms with Gasteiger partial charge in [0.2, 0.25) is 9.84 Å². The SMILES string of the molecule is CCOC(=O)Cn1c(C)c(Cc2cccnc2S(=O)(=O)c2ccc(C(F)(F)F)cc2)c2c1CC(C)(C)CC2=O. The van der Waals surface area contributed by atoms with Crippen molar-refractivity contribution in [1.29, 1.82) is 0 Å². The molecule has 7 nitrogen and oxygen atoms in total. The van der Waals surface area contributed by atoms with Gasteiger partial charge in [-0.05, 0) is 67.1 Å². The first-order valence-corrected chi connectivity index (χ1v) is 13.9. The van der Waals surface area contributed by atoms with E-state index in [2.05, 4.69) is 4.98 Å². The van der Waals surface area contributed by atoms with Gasteiger partial charge >= 0.3 is 12.1 Å². The Morgan fingerprint density at radius 2 is 1.79 bits per heavy atom. The van der Waals surface area contributed by atoms with Crippen LogP contribution in [0.15, 0.2) is 52.5 Å². The minimum Gasteiger partial charge on any atom is -0.465 e. The number of sulfone groups is 1. The predicted molar refractivity (Wildman–Crippen MR) is 136 cm³/mol. The molecule has 1 aliphatic carbocycles. The van der Waals surface area contributed by atoms with Gasteiger partial charge in [0.05, 0.1) is 17.1 Å². The van der Waals surface area contributed by atoms with Gasteiger partial charge in [-0.1, -0.05) is 19.9 Å². The molecule has 2 heterocycles. The van der Waals surface area contributed by atoms with Gasteiger partial charge in [0.15, 0.2) is 10.8 Å². The molecule has 208 valence electrons. The van der Waals surface area contributed by atoms with Crippen LogP contribution in [0.5, 0.6) is 0 Å². The molecule has 0 saturated heterocycles. The van der Waals surface area contributed by atoms with E-state index in [1.165, 1.54) is 6.20 Å². The summed E-state index contributed by atoms with van der Waals surface area (Å²) in [6.45, 7) is 7.54. The van der Waals surface area contributed by atoms with E-state index in [9.17, 15) is 31.2 Å². The van der Waals surface area contributed by atoms with E-state index in [0.29, 0.717) is 47.5 Å². The van der Waals surface area contributed by atoms with Crippen molar-refractivity contribution in [3.8, 4) is 0 Å². The molecule has 2 aromatic heterocycles. The number of hydrogen-bond donors (Lipinski definition) is 0. The van der Waals surface area contributed by atoms with Crippen LogP contribution in [0, 0.1) is 12.3 Å². The number of hydrogen-bond acceptors (Lipinski definition) is 6. The van der Waals surface area contributed by atoms with E-state index in [4.69, 9.17) is 4.74 Å². The van der Waals surface area contributed by atoms with Gasteiger partial charge in [0.1, 0.15) is 6.54 Å². The van der Waals surface area contributed by atoms with Crippen LogP contribution in [0.25, 0.3) is 0 Å². The molecule has 0 amide bonds. The number of ether oxygens (including phenoxy) is 1. The molecule has 1 aliphatic rings. The molecule has 39 heavy (non-hydrogen) atoms. The molecule has 0 N–H and O–H groups in total. The average Bonchev–Trinajstić information content (AvgIpc) is 3.09. The normalized spacial score (nSPS) is 15.2. The Hall–Kier alpha value is -3.47. The number of fused-ring (bicyclic) bond motifs is 1. The van der Waals surface area contributed by atoms with Crippen LogP contribution in [0.4, 0.5) is 13.2 Å². The molecule has 0 radical (unpaired) electrons. The quantitative estimate of drug-likeness (QED) is 0.360. The summed E-state index contributed by atoms with van der Waals surface area (Å²) in [7, 11) is -4.28. The van der Waals surface area contributed by atoms with Crippen LogP contribution in [0.1, 0.15) is 65.6 Å². The lowest BCUT2D eigenvalue weighted by Gasteiger charge is -2.30. The number of ketones is 1. The van der Waals surface area contributed by atoms with Gasteiger partial charge in [0.25, 0.3) is 0 Å². The molecule has 0 bridgehead atoms. The van der Waals surface area contributed by atoms with E-state index >= 15 is 0 Å². The zero-order chi connectivity index (χ0) is 28.8. The molecule has 0 fully saturated rings. The molecular weight excluding hydrogens is 533 g/mol. The highest BCUT2D eigenvalue weighted by atomic mass is 32.2. The molecule has 0 unspecified atom stereocenters. The maximum atomic E-state index is 13.5. The van der Waals surface area contributed by atoms with Gasteiger partial charge in [-0.2, -0.15) is 13.2 Å². The fourth-order valence-electron chi connectivity index (χ4n) is 5.10. The maximum absolute atomic E-state index is 13.5. The number of halogens is 3. The summed E-state index contributed by atoms with van der Waals surface area (Å²) in [4.78, 5) is 29.5. The Morgan fingerprint density at radius 1 is 1.13 bits per heavy atom. The Bertz CT molecular complexity index is 1540. The van der Waals surface area contributed by atoms with Gasteiger partial charge in [-0.15, -0.1) is 0 Å². The standard InChI is InChI=1S/C28H29F3N2O5S/c1-5-38-24(35)16-33-17(2)21(25-22(33)14-27(3,4)15-23(25)34)13-18-7-6-12-32-26(18)39(36,37)20-10-8-19(9-11-20)28(29,30)31/h6-12H,5,13-16H2,1-4H3. The van der Waals surface area contributed by atoms with Crippen LogP contribution < -0.4 is 0 Å². The van der Waals surface area contributed by atoms with Crippen LogP contribution >= 0.6 is 0 Å². The Morgan fingerprint density at radius 3 is 2.41 bits per heavy atom. The van der Waals surface area contributed by atoms with Gasteiger partial charge in [0, 0.05) is 36.0 Å². The largest absolute Gasteiger partial charge is 0.465 e. The Labute approximate surface area is 224 Å². The van der Waals surface area contributed by atoms with E-state index in [0.717, 1.165) is 12.1 Å². The van der Waals surface area contributed by atoms with Crippen molar-refractivity contribution in [3.63, 3.8) is 0 Å². The summed E-state index contributed by atoms with van der Waals surface area (Å²) in [5.74, 6) is -0.550. The second kappa shape index (κ2) is 10.3. The molecular formula is C28H29F3N2O5S. The number of esters is 1. The summed E-state index contributed by atoms with van der Waals surface area (Å²) in [6, 6.07) is 6.37. The number of rotatable bonds is 7. The number of benzene rings is 1. The van der Waals surface area contributed by atoms with E-state index < -0.39 is 27.5 Å². The van der Waals surface area contributed by atoms with Crippen LogP contribution in [-0.2, 0) is 44.9 Å². The number of carbonyl (C=O) groups excluding carboxylic acids is 2. The number of pyridine rings is 1. The van der Waals surface area contributed by atoms with Crippen molar-refractivity contribution in [2.24, 2.45) is 5.41 Å². The van der Waals surface area contributed by atoms with Crippen molar-refractivity contribution >= 4 is 21.6 Å². The minimum atomic E-state index is -4.60. The van der Waals surface area contributed by atoms with Gasteiger partial charge < -0.3 is 9.30 Å². The zero-order valence-corrected chi connectivity index (χ0v) is 22.9. The smallest absolute Gasteiger partial charge is 0.416 e. The van der Waals surface area contributed by atoms with Gasteiger partial charge in [-0.25, -0.2) is 13.4 Å². The lowest BCUT2D eigenvalue weighted by molar-refractivity contribution is -0.144. The minimum absolute atomic E-state index is 0.0270. The van der Waals surface area contributed by atoms with E-state index in [1.54, 1.807) is 30.5 Å². The number of alkyl halides is 3. The van der Waals surface area contributed by atoms with Crippen LogP contribution in [0.2, 0.25) is 0 Å². The maximum Gasteiger partial charge on any atom is 0.416 e. The summed E-state index contributed by atoms with van der Waals surface area (Å²) >= 11 is 0. The third-order valence-corrected chi connectivity index (χ3v) is 8.65. The first kappa shape index (κ1) is 28.5. The molecule has 0 atom stereocenters. The van der Waals surface area contributed by atoms with E-state index in [-0.39, 0.29) is 46.3 Å². The number of nitrogens with zero attached hydrogens (tertiary/aromatic N) is 2. The molecule has 4 rings (SSSR count). The highest BCUT2D eigenvalue weighted by molar-refractivity contribution is 7.91. The van der Waals surface area contributed by atoms with Crippen molar-refractivity contribution in [2.75, 3.05) is 6.61 Å². The fourth-order valence-corrected chi connectivity index (χ4v) is 6.50. The second-order valence-corrected chi connectivity index (χ2v) is 12.3. The highest BCUT2D eigenvalue weighted by Gasteiger charge is 2.38. The molecule has 3 aromatic rings. The summed E-state index contributed by atoms with van der Waals surface area (Å²) < 4.78 is 72.9. The monoisotopic (exact) mass is 562 g/mol. The van der Waals surface area contributed by atoms with Crippen molar-refractivity contribution in [3.05, 3.63) is 76.2 Å². The first-order valence-electron chi connectivity index (χ1n) is 12.4. The molecule has 1 aromatic carbocycles. The molecule has 0 spiro atoms. The Kier molecular flexibility index (Phi) is 7.50. The highest BCUT2D eigenvalue weighted by Crippen LogP contribution is 2.40. The van der Waals surface area contributed by atoms with Crippen LogP contribution in [0.3, 0.4) is 0 Å². The number of Topliss-reactive ketones (excluding diaryl/α,β-unsaturated/α-hetero) is 1. The van der Waals surface area contributed by atoms with E-state index in [1.807, 2.05) is 13.8 Å². The van der Waals surface area contributed by atoms with Crippen molar-refractivity contribution < 1.29 is 35.9 Å². The topological polar surface area (TPSA) is 95.3 Å². The lowest BCUT2D eigenvalue weighted by Crippen LogP contribution is -2.29. The van der Waals surface area contributed by atoms with Crippen LogP contribution in [-0.4, -0.2) is 36.3 Å². The third kappa shape index (κ3) is 5.63. The number of aromatic nitrogens is 2. The Balaban J connectivity index is 1.80. The zero-order valence-electron chi connectivity index (χ0n) is 22.1. The summed E-state index contributed by atoms with van der Waals surface area (Å²) in [5, 5.41) is -0.306. The molecule has 0 saturated carbocycles. The lowest BCUT2D eigenvalue weighted by atomic mass is 9.75. The third-order valence-electron chi connectivity index (χ3n) is 6.88. The molecule has 11 heteroatoms. The van der Waals surface area contributed by atoms with Gasteiger partial charge in [-0.3, -0.25) is 9.59 Å². The summed E-state index contributed by atoms with van der Waals surface area (Å²) in [6.07, 6.45) is -2.45. The summed E-state index contributed by atoms with van der Waals surface area (Å²) in [5.41, 5.74) is 1.39. The average molecular weight is 563 g/mol. The predicted octanol–water partition coefficient (Wildman–Crippen LogP) is 5.35. The first-order chi connectivity index (χ1) is 18.2. The van der Waals surface area contributed by atoms with Crippen molar-refractivity contribution in [1.82, 2.24) is 9.55 Å².